The van der Waals surface area contributed by atoms with Crippen LogP contribution in [0.25, 0.3) is 0 Å². The van der Waals surface area contributed by atoms with E-state index in [1.165, 1.54) is 22.5 Å². The third kappa shape index (κ3) is 2.23. The van der Waals surface area contributed by atoms with Crippen molar-refractivity contribution in [2.24, 2.45) is 10.7 Å². The third-order valence-electron chi connectivity index (χ3n) is 2.60. The number of benzene rings is 1. The van der Waals surface area contributed by atoms with E-state index in [0.29, 0.717) is 11.3 Å². The van der Waals surface area contributed by atoms with Crippen LogP contribution in [0.2, 0.25) is 0 Å². The molecule has 0 amide bonds. The highest BCUT2D eigenvalue weighted by Gasteiger charge is 2.26. The minimum Gasteiger partial charge on any atom is -0.399 e. The summed E-state index contributed by atoms with van der Waals surface area (Å²) in [4.78, 5) is 4.12. The van der Waals surface area contributed by atoms with Gasteiger partial charge in [-0.2, -0.15) is 0 Å². The van der Waals surface area contributed by atoms with Crippen molar-refractivity contribution in [2.45, 2.75) is 6.04 Å². The van der Waals surface area contributed by atoms with Crippen molar-refractivity contribution >= 4 is 22.6 Å². The van der Waals surface area contributed by atoms with Gasteiger partial charge in [-0.15, -0.1) is 0 Å². The van der Waals surface area contributed by atoms with Gasteiger partial charge in [-0.25, -0.2) is 13.6 Å². The van der Waals surface area contributed by atoms with Crippen molar-refractivity contribution < 1.29 is 8.60 Å². The fraction of sp³-hybridized carbons (Fsp3) is 0.300. The molecule has 1 aliphatic rings. The third-order valence-corrected chi connectivity index (χ3v) is 3.99. The molecule has 0 radical (unpaired) electrons. The minimum atomic E-state index is -1.29. The van der Waals surface area contributed by atoms with Crippen molar-refractivity contribution in [3.8, 4) is 0 Å². The van der Waals surface area contributed by atoms with E-state index in [-0.39, 0.29) is 11.7 Å². The lowest BCUT2D eigenvalue weighted by molar-refractivity contribution is 0.578. The monoisotopic (exact) mass is 256 g/mol. The zero-order valence-corrected chi connectivity index (χ0v) is 10.1. The first-order chi connectivity index (χ1) is 7.99. The SMILES string of the molecule is CN1C(N)=NC(c2cc(N)ccc2F)CS1=O. The molecule has 0 fully saturated rings. The summed E-state index contributed by atoms with van der Waals surface area (Å²) in [5.41, 5.74) is 12.0. The van der Waals surface area contributed by atoms with E-state index in [4.69, 9.17) is 11.5 Å². The molecule has 17 heavy (non-hydrogen) atoms. The van der Waals surface area contributed by atoms with Gasteiger partial charge in [-0.05, 0) is 18.2 Å². The summed E-state index contributed by atoms with van der Waals surface area (Å²) in [7, 11) is 0.294. The Morgan fingerprint density at radius 3 is 2.88 bits per heavy atom. The first kappa shape index (κ1) is 11.8. The van der Waals surface area contributed by atoms with Gasteiger partial charge in [0.2, 0.25) is 5.96 Å². The van der Waals surface area contributed by atoms with Gasteiger partial charge >= 0.3 is 0 Å². The van der Waals surface area contributed by atoms with Crippen LogP contribution in [0.15, 0.2) is 23.2 Å². The van der Waals surface area contributed by atoms with Crippen molar-refractivity contribution in [3.05, 3.63) is 29.6 Å². The Hall–Kier alpha value is -1.63. The highest BCUT2D eigenvalue weighted by molar-refractivity contribution is 7.83. The van der Waals surface area contributed by atoms with Gasteiger partial charge in [0, 0.05) is 18.3 Å². The lowest BCUT2D eigenvalue weighted by Crippen LogP contribution is -2.41. The Bertz CT molecular complexity index is 505. The molecule has 1 aliphatic heterocycles. The van der Waals surface area contributed by atoms with Crippen LogP contribution in [0.1, 0.15) is 11.6 Å². The number of anilines is 1. The summed E-state index contributed by atoms with van der Waals surface area (Å²) >= 11 is 0. The van der Waals surface area contributed by atoms with Gasteiger partial charge in [-0.3, -0.25) is 4.31 Å². The van der Waals surface area contributed by atoms with Crippen molar-refractivity contribution in [1.82, 2.24) is 4.31 Å². The molecule has 5 nitrogen and oxygen atoms in total. The Morgan fingerprint density at radius 2 is 2.24 bits per heavy atom. The van der Waals surface area contributed by atoms with E-state index in [1.54, 1.807) is 7.05 Å². The largest absolute Gasteiger partial charge is 0.399 e. The number of guanidine groups is 1. The summed E-state index contributed by atoms with van der Waals surface area (Å²) in [5, 5.41) is 0. The minimum absolute atomic E-state index is 0.140. The maximum absolute atomic E-state index is 13.6. The number of rotatable bonds is 1. The summed E-state index contributed by atoms with van der Waals surface area (Å²) in [5.74, 6) is -0.0684. The van der Waals surface area contributed by atoms with Gasteiger partial charge in [0.25, 0.3) is 0 Å². The molecule has 2 rings (SSSR count). The molecule has 0 saturated heterocycles. The average Bonchev–Trinajstić information content (AvgIpc) is 2.28. The van der Waals surface area contributed by atoms with E-state index in [1.807, 2.05) is 0 Å². The maximum atomic E-state index is 13.6. The zero-order chi connectivity index (χ0) is 12.6. The molecule has 2 atom stereocenters. The number of nitrogens with two attached hydrogens (primary N) is 2. The summed E-state index contributed by atoms with van der Waals surface area (Å²) in [6.07, 6.45) is 0. The molecular weight excluding hydrogens is 243 g/mol. The highest BCUT2D eigenvalue weighted by atomic mass is 32.2. The van der Waals surface area contributed by atoms with Crippen molar-refractivity contribution in [2.75, 3.05) is 18.5 Å². The van der Waals surface area contributed by atoms with Crippen LogP contribution in [0.5, 0.6) is 0 Å². The Labute approximate surface area is 101 Å². The molecule has 0 aliphatic carbocycles. The van der Waals surface area contributed by atoms with E-state index < -0.39 is 22.8 Å². The molecule has 4 N–H and O–H groups in total. The molecule has 1 aromatic rings. The van der Waals surface area contributed by atoms with Gasteiger partial charge in [-0.1, -0.05) is 0 Å². The van der Waals surface area contributed by atoms with Crippen LogP contribution in [-0.2, 0) is 11.0 Å². The molecule has 0 aromatic heterocycles. The number of hydrogen-bond acceptors (Lipinski definition) is 4. The number of nitrogen functional groups attached to an aromatic ring is 1. The van der Waals surface area contributed by atoms with Crippen LogP contribution >= 0.6 is 0 Å². The molecule has 0 saturated carbocycles. The second-order valence-corrected chi connectivity index (χ2v) is 5.29. The van der Waals surface area contributed by atoms with Crippen LogP contribution in [0.4, 0.5) is 10.1 Å². The quantitative estimate of drug-likeness (QED) is 0.712. The smallest absolute Gasteiger partial charge is 0.203 e. The highest BCUT2D eigenvalue weighted by Crippen LogP contribution is 2.26. The van der Waals surface area contributed by atoms with E-state index >= 15 is 0 Å². The number of nitrogens with zero attached hydrogens (tertiary/aromatic N) is 2. The zero-order valence-electron chi connectivity index (χ0n) is 9.26. The van der Waals surface area contributed by atoms with Crippen LogP contribution < -0.4 is 11.5 Å². The average molecular weight is 256 g/mol. The fourth-order valence-corrected chi connectivity index (χ4v) is 2.61. The second-order valence-electron chi connectivity index (χ2n) is 3.77. The molecule has 1 aromatic carbocycles. The molecule has 7 heteroatoms. The Balaban J connectivity index is 2.41. The molecule has 0 spiro atoms. The van der Waals surface area contributed by atoms with Crippen molar-refractivity contribution in [3.63, 3.8) is 0 Å². The summed E-state index contributed by atoms with van der Waals surface area (Å²) in [6, 6.07) is 3.70. The number of aliphatic imine (C=N–C) groups is 1. The second kappa shape index (κ2) is 4.33. The van der Waals surface area contributed by atoms with Crippen LogP contribution in [0.3, 0.4) is 0 Å². The van der Waals surface area contributed by atoms with Crippen molar-refractivity contribution in [1.29, 1.82) is 0 Å². The van der Waals surface area contributed by atoms with Crippen LogP contribution in [0, 0.1) is 5.82 Å². The van der Waals surface area contributed by atoms with Gasteiger partial charge < -0.3 is 11.5 Å². The van der Waals surface area contributed by atoms with E-state index in [2.05, 4.69) is 4.99 Å². The van der Waals surface area contributed by atoms with Gasteiger partial charge in [0.15, 0.2) is 0 Å². The molecule has 0 bridgehead atoms. The Morgan fingerprint density at radius 1 is 1.53 bits per heavy atom. The fourth-order valence-electron chi connectivity index (χ4n) is 1.61. The predicted molar refractivity (Wildman–Crippen MR) is 65.9 cm³/mol. The van der Waals surface area contributed by atoms with Gasteiger partial charge in [0.1, 0.15) is 16.8 Å². The summed E-state index contributed by atoms with van der Waals surface area (Å²) < 4.78 is 26.7. The standard InChI is InChI=1S/C10H13FN4OS/c1-15-10(13)14-9(5-17(15)16)7-4-6(12)2-3-8(7)11/h2-4,9H,5,12H2,1H3,(H2,13,14). The lowest BCUT2D eigenvalue weighted by atomic mass is 10.1. The molecule has 2 unspecified atom stereocenters. The topological polar surface area (TPSA) is 84.7 Å². The molecular formula is C10H13FN4OS. The first-order valence-corrected chi connectivity index (χ1v) is 6.27. The first-order valence-electron chi connectivity index (χ1n) is 4.99. The predicted octanol–water partition coefficient (Wildman–Crippen LogP) is 0.373. The lowest BCUT2D eigenvalue weighted by Gasteiger charge is -2.26. The van der Waals surface area contributed by atoms with Crippen LogP contribution in [-0.4, -0.2) is 27.3 Å². The van der Waals surface area contributed by atoms with E-state index in [9.17, 15) is 8.60 Å². The van der Waals surface area contributed by atoms with Gasteiger partial charge in [0.05, 0.1) is 11.8 Å². The Kier molecular flexibility index (Phi) is 3.01. The number of halogens is 1. The molecule has 92 valence electrons. The summed E-state index contributed by atoms with van der Waals surface area (Å²) in [6.45, 7) is 0. The van der Waals surface area contributed by atoms with E-state index in [0.717, 1.165) is 0 Å². The maximum Gasteiger partial charge on any atom is 0.203 e. The number of hydrogen-bond donors (Lipinski definition) is 2. The molecule has 1 heterocycles. The normalized spacial score (nSPS) is 24.6.